The molecule has 0 spiro atoms. The molecule has 2 aromatic carbocycles. The van der Waals surface area contributed by atoms with E-state index in [4.69, 9.17) is 4.74 Å². The third-order valence-electron chi connectivity index (χ3n) is 4.79. The Kier molecular flexibility index (Phi) is 5.93. The number of aryl methyl sites for hydroxylation is 1. The Morgan fingerprint density at radius 2 is 1.97 bits per heavy atom. The number of aromatic nitrogens is 2. The summed E-state index contributed by atoms with van der Waals surface area (Å²) in [5.41, 5.74) is 3.03. The van der Waals surface area contributed by atoms with Crippen molar-refractivity contribution in [2.45, 2.75) is 33.9 Å². The lowest BCUT2D eigenvalue weighted by Gasteiger charge is -2.06. The first-order valence-corrected chi connectivity index (χ1v) is 9.48. The van der Waals surface area contributed by atoms with Crippen molar-refractivity contribution in [1.82, 2.24) is 4.57 Å². The molecule has 7 heteroatoms. The van der Waals surface area contributed by atoms with Crippen molar-refractivity contribution in [3.8, 4) is 6.07 Å². The number of rotatable bonds is 6. The highest BCUT2D eigenvalue weighted by molar-refractivity contribution is 5.95. The molecule has 0 bridgehead atoms. The second-order valence-electron chi connectivity index (χ2n) is 6.51. The number of ether oxygens (including phenoxy) is 1. The number of hydrogen-bond donors (Lipinski definition) is 1. The number of fused-ring (bicyclic) bond motifs is 1. The van der Waals surface area contributed by atoms with E-state index in [9.17, 15) is 14.9 Å². The van der Waals surface area contributed by atoms with Crippen LogP contribution in [-0.2, 0) is 22.6 Å². The van der Waals surface area contributed by atoms with Crippen molar-refractivity contribution in [3.05, 3.63) is 59.4 Å². The normalized spacial score (nSPS) is 10.6. The molecule has 1 amide bonds. The Labute approximate surface area is 169 Å². The van der Waals surface area contributed by atoms with Gasteiger partial charge in [-0.3, -0.25) is 4.79 Å². The number of imidazole rings is 1. The molecule has 3 rings (SSSR count). The number of nitriles is 1. The van der Waals surface area contributed by atoms with Crippen LogP contribution in [0.25, 0.3) is 11.0 Å². The Hall–Kier alpha value is -3.66. The van der Waals surface area contributed by atoms with Crippen molar-refractivity contribution < 1.29 is 18.9 Å². The lowest BCUT2D eigenvalue weighted by atomic mass is 10.2. The highest BCUT2D eigenvalue weighted by Gasteiger charge is 2.24. The van der Waals surface area contributed by atoms with Crippen LogP contribution in [0.5, 0.6) is 0 Å². The molecule has 0 saturated heterocycles. The smallest absolute Gasteiger partial charge is 0.338 e. The Morgan fingerprint density at radius 3 is 2.66 bits per heavy atom. The highest BCUT2D eigenvalue weighted by Crippen LogP contribution is 2.19. The molecule has 0 fully saturated rings. The average molecular weight is 391 g/mol. The number of para-hydroxylation sites is 1. The summed E-state index contributed by atoms with van der Waals surface area (Å²) in [6, 6.07) is 14.3. The Bertz CT molecular complexity index is 1130. The average Bonchev–Trinajstić information content (AvgIpc) is 2.98. The molecule has 7 nitrogen and oxygen atoms in total. The lowest BCUT2D eigenvalue weighted by molar-refractivity contribution is -0.674. The summed E-state index contributed by atoms with van der Waals surface area (Å²) in [6.07, 6.45) is 0. The molecule has 0 atom stereocenters. The van der Waals surface area contributed by atoms with Crippen LogP contribution in [0.4, 0.5) is 5.69 Å². The molecular formula is C22H23N4O3+. The van der Waals surface area contributed by atoms with Gasteiger partial charge in [0.2, 0.25) is 0 Å². The molecule has 0 aliphatic rings. The minimum absolute atomic E-state index is 0.0569. The van der Waals surface area contributed by atoms with Gasteiger partial charge in [0.05, 0.1) is 30.0 Å². The Balaban J connectivity index is 1.98. The zero-order valence-electron chi connectivity index (χ0n) is 16.7. The monoisotopic (exact) mass is 391 g/mol. The molecule has 29 heavy (non-hydrogen) atoms. The third kappa shape index (κ3) is 3.97. The van der Waals surface area contributed by atoms with Gasteiger partial charge < -0.3 is 10.1 Å². The number of benzene rings is 2. The fraction of sp³-hybridized carbons (Fsp3) is 0.273. The lowest BCUT2D eigenvalue weighted by Crippen LogP contribution is -2.35. The molecule has 0 saturated carbocycles. The summed E-state index contributed by atoms with van der Waals surface area (Å²) < 4.78 is 9.05. The largest absolute Gasteiger partial charge is 0.462 e. The minimum atomic E-state index is -0.393. The van der Waals surface area contributed by atoms with Gasteiger partial charge in [0.1, 0.15) is 6.07 Å². The van der Waals surface area contributed by atoms with Crippen LogP contribution in [0.2, 0.25) is 0 Å². The zero-order valence-corrected chi connectivity index (χ0v) is 16.7. The van der Waals surface area contributed by atoms with Crippen molar-refractivity contribution in [2.24, 2.45) is 0 Å². The molecule has 1 heterocycles. The number of carbonyl (C=O) groups is 2. The maximum absolute atomic E-state index is 12.7. The number of nitrogens with one attached hydrogen (secondary N) is 1. The van der Waals surface area contributed by atoms with E-state index in [1.807, 2.05) is 24.5 Å². The first-order valence-electron chi connectivity index (χ1n) is 9.48. The van der Waals surface area contributed by atoms with Crippen molar-refractivity contribution in [2.75, 3.05) is 11.9 Å². The van der Waals surface area contributed by atoms with Crippen LogP contribution >= 0.6 is 0 Å². The topological polar surface area (TPSA) is 88.0 Å². The number of anilines is 1. The highest BCUT2D eigenvalue weighted by atomic mass is 16.5. The standard InChI is InChI=1S/C22H22N4O3/c1-4-25-15(3)26(14-21(27)24-18-9-7-6-8-17(18)13-23)20-12-16(10-11-19(20)25)22(28)29-5-2/h6-12H,4-5,14H2,1-3H3/p+1. The van der Waals surface area contributed by atoms with Crippen LogP contribution in [-0.4, -0.2) is 23.1 Å². The number of carbonyl (C=O) groups excluding carboxylic acids is 2. The number of nitrogens with zero attached hydrogens (tertiary/aromatic N) is 3. The van der Waals surface area contributed by atoms with Crippen LogP contribution in [0.3, 0.4) is 0 Å². The zero-order chi connectivity index (χ0) is 21.0. The van der Waals surface area contributed by atoms with E-state index >= 15 is 0 Å². The van der Waals surface area contributed by atoms with Gasteiger partial charge in [-0.05, 0) is 38.1 Å². The van der Waals surface area contributed by atoms with Crippen LogP contribution < -0.4 is 9.88 Å². The molecular weight excluding hydrogens is 368 g/mol. The maximum Gasteiger partial charge on any atom is 0.338 e. The molecule has 0 aliphatic carbocycles. The van der Waals surface area contributed by atoms with E-state index < -0.39 is 5.97 Å². The first-order chi connectivity index (χ1) is 14.0. The van der Waals surface area contributed by atoms with Crippen LogP contribution in [0, 0.1) is 18.3 Å². The van der Waals surface area contributed by atoms with Crippen LogP contribution in [0.1, 0.15) is 35.6 Å². The second-order valence-corrected chi connectivity index (χ2v) is 6.51. The molecule has 0 radical (unpaired) electrons. The molecule has 0 unspecified atom stereocenters. The van der Waals surface area contributed by atoms with Crippen molar-refractivity contribution >= 4 is 28.6 Å². The summed E-state index contributed by atoms with van der Waals surface area (Å²) in [5, 5.41) is 12.0. The van der Waals surface area contributed by atoms with Crippen LogP contribution in [0.15, 0.2) is 42.5 Å². The number of hydrogen-bond acceptors (Lipinski definition) is 4. The predicted molar refractivity (Wildman–Crippen MR) is 108 cm³/mol. The fourth-order valence-corrected chi connectivity index (χ4v) is 3.43. The summed E-state index contributed by atoms with van der Waals surface area (Å²) >= 11 is 0. The summed E-state index contributed by atoms with van der Waals surface area (Å²) in [7, 11) is 0. The SMILES string of the molecule is CCOC(=O)c1ccc2c(c1)n(CC(=O)Nc1ccccc1C#N)c(C)[n+]2CC. The molecule has 0 aliphatic heterocycles. The molecule has 1 aromatic heterocycles. The van der Waals surface area contributed by atoms with E-state index in [1.165, 1.54) is 0 Å². The Morgan fingerprint density at radius 1 is 1.21 bits per heavy atom. The number of esters is 1. The molecule has 148 valence electrons. The van der Waals surface area contributed by atoms with Gasteiger partial charge in [-0.2, -0.15) is 5.26 Å². The van der Waals surface area contributed by atoms with E-state index in [0.29, 0.717) is 23.4 Å². The third-order valence-corrected chi connectivity index (χ3v) is 4.79. The van der Waals surface area contributed by atoms with Gasteiger partial charge >= 0.3 is 5.97 Å². The quantitative estimate of drug-likeness (QED) is 0.517. The molecule has 1 N–H and O–H groups in total. The summed E-state index contributed by atoms with van der Waals surface area (Å²) in [5.74, 6) is 0.250. The summed E-state index contributed by atoms with van der Waals surface area (Å²) in [4.78, 5) is 24.9. The molecule has 3 aromatic rings. The van der Waals surface area contributed by atoms with Gasteiger partial charge in [0.15, 0.2) is 17.6 Å². The number of amides is 1. The fourth-order valence-electron chi connectivity index (χ4n) is 3.43. The predicted octanol–water partition coefficient (Wildman–Crippen LogP) is 2.94. The van der Waals surface area contributed by atoms with Gasteiger partial charge in [0, 0.05) is 13.0 Å². The summed E-state index contributed by atoms with van der Waals surface area (Å²) in [6.45, 7) is 6.81. The van der Waals surface area contributed by atoms with Crippen molar-refractivity contribution in [1.29, 1.82) is 5.26 Å². The van der Waals surface area contributed by atoms with E-state index in [1.54, 1.807) is 43.3 Å². The van der Waals surface area contributed by atoms with E-state index in [2.05, 4.69) is 16.0 Å². The first kappa shape index (κ1) is 20.1. The van der Waals surface area contributed by atoms with Gasteiger partial charge in [0.25, 0.3) is 11.7 Å². The van der Waals surface area contributed by atoms with Gasteiger partial charge in [-0.1, -0.05) is 12.1 Å². The minimum Gasteiger partial charge on any atom is -0.462 e. The van der Waals surface area contributed by atoms with Gasteiger partial charge in [-0.15, -0.1) is 0 Å². The van der Waals surface area contributed by atoms with E-state index in [-0.39, 0.29) is 12.5 Å². The van der Waals surface area contributed by atoms with Gasteiger partial charge in [-0.25, -0.2) is 13.9 Å². The second kappa shape index (κ2) is 8.57. The van der Waals surface area contributed by atoms with E-state index in [0.717, 1.165) is 23.4 Å². The van der Waals surface area contributed by atoms with Crippen molar-refractivity contribution in [3.63, 3.8) is 0 Å². The maximum atomic E-state index is 12.7.